The van der Waals surface area contributed by atoms with Crippen molar-refractivity contribution in [3.8, 4) is 11.5 Å². The van der Waals surface area contributed by atoms with Gasteiger partial charge in [0.15, 0.2) is 11.5 Å². The van der Waals surface area contributed by atoms with Gasteiger partial charge in [0.05, 0.1) is 17.2 Å². The first-order valence-electron chi connectivity index (χ1n) is 9.70. The lowest BCUT2D eigenvalue weighted by Crippen LogP contribution is -2.00. The Hall–Kier alpha value is -2.25. The van der Waals surface area contributed by atoms with Gasteiger partial charge in [0.1, 0.15) is 12.4 Å². The SMILES string of the molecule is COc1cc(/C=C2\C=C(c3ccc(Br)cc3)OC2=O)cc(Br)c1OCc1ccc(Cl)cc1Cl. The number of methoxy groups -OCH3 is 1. The lowest BCUT2D eigenvalue weighted by Gasteiger charge is -2.14. The van der Waals surface area contributed by atoms with Crippen molar-refractivity contribution >= 4 is 72.9 Å². The predicted molar refractivity (Wildman–Crippen MR) is 138 cm³/mol. The van der Waals surface area contributed by atoms with Crippen molar-refractivity contribution in [2.24, 2.45) is 0 Å². The molecule has 0 aliphatic carbocycles. The fourth-order valence-corrected chi connectivity index (χ4v) is 4.48. The molecule has 0 aromatic heterocycles. The molecule has 1 aliphatic rings. The van der Waals surface area contributed by atoms with E-state index in [1.807, 2.05) is 36.4 Å². The molecule has 4 nitrogen and oxygen atoms in total. The lowest BCUT2D eigenvalue weighted by atomic mass is 10.1. The molecule has 0 atom stereocenters. The summed E-state index contributed by atoms with van der Waals surface area (Å²) in [6.07, 6.45) is 3.46. The van der Waals surface area contributed by atoms with Crippen LogP contribution >= 0.6 is 55.1 Å². The first-order valence-corrected chi connectivity index (χ1v) is 12.0. The number of esters is 1. The van der Waals surface area contributed by atoms with E-state index in [0.717, 1.165) is 21.2 Å². The molecule has 0 saturated carbocycles. The molecule has 1 aliphatic heterocycles. The van der Waals surface area contributed by atoms with Gasteiger partial charge in [0, 0.05) is 25.6 Å². The topological polar surface area (TPSA) is 44.8 Å². The van der Waals surface area contributed by atoms with Crippen LogP contribution in [-0.2, 0) is 16.1 Å². The minimum atomic E-state index is -0.416. The Labute approximate surface area is 218 Å². The summed E-state index contributed by atoms with van der Waals surface area (Å²) < 4.78 is 18.5. The van der Waals surface area contributed by atoms with E-state index in [9.17, 15) is 4.79 Å². The van der Waals surface area contributed by atoms with Crippen molar-refractivity contribution in [3.63, 3.8) is 0 Å². The molecule has 33 heavy (non-hydrogen) atoms. The molecule has 0 bridgehead atoms. The first-order chi connectivity index (χ1) is 15.8. The maximum atomic E-state index is 12.4. The Morgan fingerprint density at radius 1 is 1.03 bits per heavy atom. The monoisotopic (exact) mass is 608 g/mol. The fourth-order valence-electron chi connectivity index (χ4n) is 3.18. The highest BCUT2D eigenvalue weighted by atomic mass is 79.9. The Morgan fingerprint density at radius 3 is 2.48 bits per heavy atom. The molecule has 0 unspecified atom stereocenters. The van der Waals surface area contributed by atoms with E-state index < -0.39 is 5.97 Å². The third kappa shape index (κ3) is 5.64. The van der Waals surface area contributed by atoms with Crippen LogP contribution in [-0.4, -0.2) is 13.1 Å². The largest absolute Gasteiger partial charge is 0.493 e. The molecule has 8 heteroatoms. The molecular weight excluding hydrogens is 595 g/mol. The van der Waals surface area contributed by atoms with Gasteiger partial charge >= 0.3 is 5.97 Å². The zero-order chi connectivity index (χ0) is 23.5. The number of carbonyl (C=O) groups excluding carboxylic acids is 1. The predicted octanol–water partition coefficient (Wildman–Crippen LogP) is 8.09. The third-order valence-corrected chi connectivity index (χ3v) is 6.52. The number of hydrogen-bond donors (Lipinski definition) is 0. The van der Waals surface area contributed by atoms with E-state index in [1.54, 1.807) is 37.5 Å². The van der Waals surface area contributed by atoms with Crippen molar-refractivity contribution in [1.82, 2.24) is 0 Å². The maximum Gasteiger partial charge on any atom is 0.343 e. The molecule has 3 aromatic carbocycles. The molecule has 0 spiro atoms. The van der Waals surface area contributed by atoms with Crippen LogP contribution in [0.4, 0.5) is 0 Å². The minimum Gasteiger partial charge on any atom is -0.493 e. The van der Waals surface area contributed by atoms with E-state index in [2.05, 4.69) is 31.9 Å². The van der Waals surface area contributed by atoms with E-state index in [1.165, 1.54) is 0 Å². The Morgan fingerprint density at radius 2 is 1.79 bits per heavy atom. The van der Waals surface area contributed by atoms with Crippen LogP contribution in [0.1, 0.15) is 16.7 Å². The van der Waals surface area contributed by atoms with Gasteiger partial charge in [-0.1, -0.05) is 57.3 Å². The maximum absolute atomic E-state index is 12.4. The number of halogens is 4. The van der Waals surface area contributed by atoms with E-state index in [-0.39, 0.29) is 6.61 Å². The van der Waals surface area contributed by atoms with E-state index in [0.29, 0.717) is 37.3 Å². The summed E-state index contributed by atoms with van der Waals surface area (Å²) >= 11 is 19.1. The fraction of sp³-hybridized carbons (Fsp3) is 0.0800. The van der Waals surface area contributed by atoms with Gasteiger partial charge in [-0.15, -0.1) is 0 Å². The van der Waals surface area contributed by atoms with Crippen molar-refractivity contribution in [2.75, 3.05) is 7.11 Å². The van der Waals surface area contributed by atoms with Crippen LogP contribution in [0.3, 0.4) is 0 Å². The molecular formula is C25H16Br2Cl2O4. The third-order valence-electron chi connectivity index (χ3n) is 4.81. The van der Waals surface area contributed by atoms with Crippen molar-refractivity contribution in [3.05, 3.63) is 102 Å². The van der Waals surface area contributed by atoms with Crippen LogP contribution in [0.2, 0.25) is 10.0 Å². The molecule has 0 N–H and O–H groups in total. The van der Waals surface area contributed by atoms with Crippen LogP contribution in [0.25, 0.3) is 11.8 Å². The van der Waals surface area contributed by atoms with E-state index in [4.69, 9.17) is 37.4 Å². The van der Waals surface area contributed by atoms with Gasteiger partial charge in [0.25, 0.3) is 0 Å². The minimum absolute atomic E-state index is 0.233. The highest BCUT2D eigenvalue weighted by Crippen LogP contribution is 2.39. The number of carbonyl (C=O) groups is 1. The lowest BCUT2D eigenvalue weighted by molar-refractivity contribution is -0.130. The van der Waals surface area contributed by atoms with Crippen molar-refractivity contribution in [2.45, 2.75) is 6.61 Å². The number of hydrogen-bond acceptors (Lipinski definition) is 4. The summed E-state index contributed by atoms with van der Waals surface area (Å²) in [6, 6.07) is 16.4. The Balaban J connectivity index is 1.59. The Kier molecular flexibility index (Phi) is 7.49. The average molecular weight is 611 g/mol. The summed E-state index contributed by atoms with van der Waals surface area (Å²) in [4.78, 5) is 12.4. The summed E-state index contributed by atoms with van der Waals surface area (Å²) in [5.41, 5.74) is 2.79. The molecule has 4 rings (SSSR count). The Bertz CT molecular complexity index is 1280. The second kappa shape index (κ2) is 10.3. The van der Waals surface area contributed by atoms with Gasteiger partial charge in [0.2, 0.25) is 0 Å². The molecule has 0 amide bonds. The summed E-state index contributed by atoms with van der Waals surface area (Å²) in [5, 5.41) is 1.08. The van der Waals surface area contributed by atoms with Gasteiger partial charge in [-0.25, -0.2) is 4.79 Å². The molecule has 0 radical (unpaired) electrons. The highest BCUT2D eigenvalue weighted by Gasteiger charge is 2.22. The quantitative estimate of drug-likeness (QED) is 0.209. The molecule has 168 valence electrons. The first kappa shape index (κ1) is 23.9. The summed E-state index contributed by atoms with van der Waals surface area (Å²) in [6.45, 7) is 0.233. The molecule has 1 heterocycles. The molecule has 0 saturated heterocycles. The van der Waals surface area contributed by atoms with Crippen LogP contribution < -0.4 is 9.47 Å². The second-order valence-electron chi connectivity index (χ2n) is 7.06. The smallest absolute Gasteiger partial charge is 0.343 e. The van der Waals surface area contributed by atoms with Crippen molar-refractivity contribution < 1.29 is 19.0 Å². The number of rotatable bonds is 6. The number of cyclic esters (lactones) is 1. The summed E-state index contributed by atoms with van der Waals surface area (Å²) in [5.74, 6) is 1.11. The van der Waals surface area contributed by atoms with Crippen LogP contribution in [0, 0.1) is 0 Å². The standard InChI is InChI=1S/C25H16Br2Cl2O4/c1-31-23-10-14(8-17-11-22(33-25(17)30)15-2-5-18(26)6-3-15)9-20(27)24(23)32-13-16-4-7-19(28)12-21(16)29/h2-12H,13H2,1H3/b17-8+. The zero-order valence-corrected chi connectivity index (χ0v) is 21.9. The average Bonchev–Trinajstić information content (AvgIpc) is 3.14. The second-order valence-corrected chi connectivity index (χ2v) is 9.68. The van der Waals surface area contributed by atoms with E-state index >= 15 is 0 Å². The highest BCUT2D eigenvalue weighted by molar-refractivity contribution is 9.10. The number of ether oxygens (including phenoxy) is 3. The summed E-state index contributed by atoms with van der Waals surface area (Å²) in [7, 11) is 1.55. The number of benzene rings is 3. The molecule has 3 aromatic rings. The van der Waals surface area contributed by atoms with Gasteiger partial charge in [-0.2, -0.15) is 0 Å². The van der Waals surface area contributed by atoms with Crippen molar-refractivity contribution in [1.29, 1.82) is 0 Å². The van der Waals surface area contributed by atoms with Gasteiger partial charge in [-0.05, 0) is 70.0 Å². The van der Waals surface area contributed by atoms with Gasteiger partial charge in [-0.3, -0.25) is 0 Å². The zero-order valence-electron chi connectivity index (χ0n) is 17.2. The van der Waals surface area contributed by atoms with Crippen LogP contribution in [0.15, 0.2) is 75.2 Å². The van der Waals surface area contributed by atoms with Gasteiger partial charge < -0.3 is 14.2 Å². The normalized spacial score (nSPS) is 14.3. The molecule has 0 fully saturated rings. The van der Waals surface area contributed by atoms with Crippen LogP contribution in [0.5, 0.6) is 11.5 Å².